The van der Waals surface area contributed by atoms with Crippen molar-refractivity contribution in [3.05, 3.63) is 59.9 Å². The first-order valence-corrected chi connectivity index (χ1v) is 7.19. The third-order valence-electron chi connectivity index (χ3n) is 4.07. The quantitative estimate of drug-likeness (QED) is 0.739. The van der Waals surface area contributed by atoms with Crippen molar-refractivity contribution in [3.63, 3.8) is 0 Å². The van der Waals surface area contributed by atoms with E-state index in [0.717, 1.165) is 34.3 Å². The first-order chi connectivity index (χ1) is 10.7. The highest BCUT2D eigenvalue weighted by Gasteiger charge is 2.19. The predicted octanol–water partition coefficient (Wildman–Crippen LogP) is 2.69. The highest BCUT2D eigenvalue weighted by Crippen LogP contribution is 2.36. The molecule has 0 atom stereocenters. The highest BCUT2D eigenvalue weighted by atomic mass is 16.7. The summed E-state index contributed by atoms with van der Waals surface area (Å²) >= 11 is 0. The molecule has 0 bridgehead atoms. The third kappa shape index (κ3) is 2.13. The third-order valence-corrected chi connectivity index (χ3v) is 4.07. The van der Waals surface area contributed by atoms with Gasteiger partial charge in [0.1, 0.15) is 12.8 Å². The number of ether oxygens (including phenoxy) is 2. The van der Waals surface area contributed by atoms with Crippen molar-refractivity contribution in [2.24, 2.45) is 7.05 Å². The van der Waals surface area contributed by atoms with E-state index in [0.29, 0.717) is 0 Å². The van der Waals surface area contributed by atoms with Gasteiger partial charge in [0.2, 0.25) is 6.79 Å². The van der Waals surface area contributed by atoms with Gasteiger partial charge in [0, 0.05) is 6.07 Å². The fourth-order valence-corrected chi connectivity index (χ4v) is 2.84. The van der Waals surface area contributed by atoms with E-state index in [1.807, 2.05) is 31.3 Å². The maximum Gasteiger partial charge on any atom is 0.231 e. The van der Waals surface area contributed by atoms with Crippen LogP contribution in [-0.2, 0) is 13.5 Å². The van der Waals surface area contributed by atoms with Crippen molar-refractivity contribution < 1.29 is 19.1 Å². The van der Waals surface area contributed by atoms with Crippen LogP contribution in [0.4, 0.5) is 0 Å². The predicted molar refractivity (Wildman–Crippen MR) is 82.2 cm³/mol. The minimum atomic E-state index is 0.283. The number of fused-ring (bicyclic) bond motifs is 2. The summed E-state index contributed by atoms with van der Waals surface area (Å²) in [6.07, 6.45) is 2.84. The SMILES string of the molecule is C[n+]1ccc2cc3c(cc2c1Cc1ccc(O)cc1)OCO3. The molecule has 110 valence electrons. The van der Waals surface area contributed by atoms with E-state index < -0.39 is 0 Å². The van der Waals surface area contributed by atoms with Gasteiger partial charge in [0.25, 0.3) is 0 Å². The standard InChI is InChI=1S/C18H15NO3/c1-19-7-6-13-9-17-18(22-11-21-17)10-15(13)16(19)8-12-2-4-14(20)5-3-12/h2-7,9-10H,8,11H2,1H3/p+1. The lowest BCUT2D eigenvalue weighted by atomic mass is 10.0. The molecule has 0 amide bonds. The minimum absolute atomic E-state index is 0.283. The topological polar surface area (TPSA) is 42.6 Å². The van der Waals surface area contributed by atoms with Gasteiger partial charge in [-0.2, -0.15) is 0 Å². The Labute approximate surface area is 128 Å². The zero-order valence-corrected chi connectivity index (χ0v) is 12.2. The molecule has 1 aromatic heterocycles. The molecular weight excluding hydrogens is 278 g/mol. The van der Waals surface area contributed by atoms with Gasteiger partial charge in [-0.15, -0.1) is 0 Å². The lowest BCUT2D eigenvalue weighted by Gasteiger charge is -2.07. The largest absolute Gasteiger partial charge is 0.508 e. The Balaban J connectivity index is 1.85. The molecule has 3 aromatic rings. The first-order valence-electron chi connectivity index (χ1n) is 7.19. The van der Waals surface area contributed by atoms with Gasteiger partial charge in [0.05, 0.1) is 11.8 Å². The van der Waals surface area contributed by atoms with Crippen LogP contribution in [0.25, 0.3) is 10.8 Å². The zero-order valence-electron chi connectivity index (χ0n) is 12.2. The molecule has 0 unspecified atom stereocenters. The Morgan fingerprint density at radius 2 is 1.77 bits per heavy atom. The molecule has 4 nitrogen and oxygen atoms in total. The van der Waals surface area contributed by atoms with Crippen molar-refractivity contribution in [2.75, 3.05) is 6.79 Å². The number of nitrogens with zero attached hydrogens (tertiary/aromatic N) is 1. The maximum absolute atomic E-state index is 9.42. The van der Waals surface area contributed by atoms with Crippen LogP contribution in [0.2, 0.25) is 0 Å². The average molecular weight is 294 g/mol. The van der Waals surface area contributed by atoms with Crippen LogP contribution in [0, 0.1) is 0 Å². The van der Waals surface area contributed by atoms with E-state index in [1.165, 1.54) is 5.69 Å². The Hall–Kier alpha value is -2.75. The number of phenols is 1. The van der Waals surface area contributed by atoms with E-state index in [9.17, 15) is 5.11 Å². The molecule has 0 spiro atoms. The summed E-state index contributed by atoms with van der Waals surface area (Å²) in [6.45, 7) is 0.283. The summed E-state index contributed by atoms with van der Waals surface area (Å²) in [5.74, 6) is 1.89. The van der Waals surface area contributed by atoms with E-state index in [2.05, 4.69) is 16.8 Å². The summed E-state index contributed by atoms with van der Waals surface area (Å²) in [6, 6.07) is 13.5. The van der Waals surface area contributed by atoms with Gasteiger partial charge in [-0.25, -0.2) is 4.57 Å². The van der Waals surface area contributed by atoms with Gasteiger partial charge < -0.3 is 14.6 Å². The van der Waals surface area contributed by atoms with E-state index in [-0.39, 0.29) is 12.5 Å². The zero-order chi connectivity index (χ0) is 15.1. The van der Waals surface area contributed by atoms with Crippen molar-refractivity contribution in [1.29, 1.82) is 0 Å². The van der Waals surface area contributed by atoms with Crippen molar-refractivity contribution >= 4 is 10.8 Å². The fraction of sp³-hybridized carbons (Fsp3) is 0.167. The summed E-state index contributed by atoms with van der Waals surface area (Å²) in [4.78, 5) is 0. The average Bonchev–Trinajstić information content (AvgIpc) is 2.97. The molecule has 0 radical (unpaired) electrons. The minimum Gasteiger partial charge on any atom is -0.508 e. The molecule has 1 N–H and O–H groups in total. The van der Waals surface area contributed by atoms with E-state index in [1.54, 1.807) is 12.1 Å². The number of aromatic hydroxyl groups is 1. The number of aromatic nitrogens is 1. The van der Waals surface area contributed by atoms with Crippen LogP contribution in [0.5, 0.6) is 17.2 Å². The number of aryl methyl sites for hydroxylation is 1. The number of rotatable bonds is 2. The van der Waals surface area contributed by atoms with Crippen LogP contribution >= 0.6 is 0 Å². The molecule has 0 saturated heterocycles. The van der Waals surface area contributed by atoms with Crippen LogP contribution < -0.4 is 14.0 Å². The molecule has 0 saturated carbocycles. The molecule has 0 fully saturated rings. The molecule has 4 rings (SSSR count). The number of pyridine rings is 1. The lowest BCUT2D eigenvalue weighted by Crippen LogP contribution is -2.33. The lowest BCUT2D eigenvalue weighted by molar-refractivity contribution is -0.677. The fourth-order valence-electron chi connectivity index (χ4n) is 2.84. The molecule has 2 aromatic carbocycles. The summed E-state index contributed by atoms with van der Waals surface area (Å²) in [7, 11) is 2.04. The first kappa shape index (κ1) is 13.0. The number of hydrogen-bond donors (Lipinski definition) is 1. The molecule has 1 aliphatic heterocycles. The molecule has 0 aliphatic carbocycles. The number of hydrogen-bond acceptors (Lipinski definition) is 3. The van der Waals surface area contributed by atoms with Crippen LogP contribution in [0.3, 0.4) is 0 Å². The molecule has 4 heteroatoms. The Kier molecular flexibility index (Phi) is 2.89. The normalized spacial score (nSPS) is 12.8. The van der Waals surface area contributed by atoms with E-state index >= 15 is 0 Å². The Morgan fingerprint density at radius 1 is 1.05 bits per heavy atom. The highest BCUT2D eigenvalue weighted by molar-refractivity contribution is 5.87. The van der Waals surface area contributed by atoms with Crippen LogP contribution in [0.15, 0.2) is 48.7 Å². The smallest absolute Gasteiger partial charge is 0.231 e. The van der Waals surface area contributed by atoms with Gasteiger partial charge >= 0.3 is 0 Å². The van der Waals surface area contributed by atoms with Gasteiger partial charge in [-0.05, 0) is 35.2 Å². The summed E-state index contributed by atoms with van der Waals surface area (Å²) in [5.41, 5.74) is 2.35. The number of benzene rings is 2. The van der Waals surface area contributed by atoms with Crippen molar-refractivity contribution in [2.45, 2.75) is 6.42 Å². The molecule has 2 heterocycles. The monoisotopic (exact) mass is 294 g/mol. The van der Waals surface area contributed by atoms with Gasteiger partial charge in [0.15, 0.2) is 23.4 Å². The Morgan fingerprint density at radius 3 is 2.55 bits per heavy atom. The summed E-state index contributed by atoms with van der Waals surface area (Å²) < 4.78 is 13.1. The molecular formula is C18H16NO3+. The molecule has 22 heavy (non-hydrogen) atoms. The summed E-state index contributed by atoms with van der Waals surface area (Å²) in [5, 5.41) is 11.7. The van der Waals surface area contributed by atoms with E-state index in [4.69, 9.17) is 9.47 Å². The second-order valence-corrected chi connectivity index (χ2v) is 5.51. The van der Waals surface area contributed by atoms with Crippen molar-refractivity contribution in [1.82, 2.24) is 0 Å². The second-order valence-electron chi connectivity index (χ2n) is 5.51. The Bertz CT molecular complexity index is 856. The maximum atomic E-state index is 9.42. The second kappa shape index (κ2) is 4.91. The molecule has 1 aliphatic rings. The van der Waals surface area contributed by atoms with Gasteiger partial charge in [-0.3, -0.25) is 0 Å². The van der Waals surface area contributed by atoms with Crippen molar-refractivity contribution in [3.8, 4) is 17.2 Å². The van der Waals surface area contributed by atoms with Crippen LogP contribution in [0.1, 0.15) is 11.3 Å². The number of phenolic OH excluding ortho intramolecular Hbond substituents is 1. The van der Waals surface area contributed by atoms with Crippen LogP contribution in [-0.4, -0.2) is 11.9 Å². The van der Waals surface area contributed by atoms with Gasteiger partial charge in [-0.1, -0.05) is 12.1 Å².